The smallest absolute Gasteiger partial charge is 0.278 e. The highest BCUT2D eigenvalue weighted by atomic mass is 16.2. The lowest BCUT2D eigenvalue weighted by atomic mass is 10.2. The number of nitrogens with two attached hydrogens (primary N) is 2. The molecule has 0 aliphatic rings. The molecule has 0 saturated heterocycles. The van der Waals surface area contributed by atoms with Gasteiger partial charge in [-0.25, -0.2) is 26.8 Å². The fraction of sp³-hybridized carbons (Fsp3) is 0. The van der Waals surface area contributed by atoms with Crippen LogP contribution in [0.15, 0.2) is 61.2 Å². The summed E-state index contributed by atoms with van der Waals surface area (Å²) in [5.41, 5.74) is 2.81. The number of nitrogens with zero attached hydrogens (tertiary/aromatic N) is 4. The molecule has 0 unspecified atom stereocenters. The van der Waals surface area contributed by atoms with E-state index in [0.717, 1.165) is 21.6 Å². The largest absolute Gasteiger partial charge is 0.361 e. The SMILES string of the molecule is NN(N)c1ncc(-c2cccnc2)nc1C(=O)Nc1ccc2[nH]ccc2c1. The summed E-state index contributed by atoms with van der Waals surface area (Å²) in [7, 11) is 0. The van der Waals surface area contributed by atoms with E-state index in [1.165, 1.54) is 6.20 Å². The zero-order chi connectivity index (χ0) is 18.8. The number of nitrogens with one attached hydrogen (secondary N) is 2. The van der Waals surface area contributed by atoms with Gasteiger partial charge in [-0.15, -0.1) is 0 Å². The van der Waals surface area contributed by atoms with E-state index in [1.54, 1.807) is 24.5 Å². The van der Waals surface area contributed by atoms with Crippen molar-refractivity contribution in [3.05, 3.63) is 66.9 Å². The summed E-state index contributed by atoms with van der Waals surface area (Å²) >= 11 is 0. The van der Waals surface area contributed by atoms with Crippen molar-refractivity contribution < 1.29 is 4.79 Å². The van der Waals surface area contributed by atoms with E-state index in [-0.39, 0.29) is 11.5 Å². The number of amides is 1. The summed E-state index contributed by atoms with van der Waals surface area (Å²) < 4.78 is 0. The molecule has 0 atom stereocenters. The molecule has 0 fully saturated rings. The number of aromatic amines is 1. The Kier molecular flexibility index (Phi) is 4.21. The number of H-pyrrole nitrogens is 1. The molecule has 6 N–H and O–H groups in total. The fourth-order valence-electron chi connectivity index (χ4n) is 2.70. The molecule has 1 amide bonds. The molecule has 134 valence electrons. The van der Waals surface area contributed by atoms with E-state index in [4.69, 9.17) is 11.7 Å². The molecule has 3 heterocycles. The highest BCUT2D eigenvalue weighted by molar-refractivity contribution is 6.07. The highest BCUT2D eigenvalue weighted by Crippen LogP contribution is 2.22. The molecular formula is C18H16N8O. The van der Waals surface area contributed by atoms with Crippen molar-refractivity contribution in [3.8, 4) is 11.3 Å². The molecule has 4 aromatic rings. The maximum atomic E-state index is 12.8. The van der Waals surface area contributed by atoms with Crippen LogP contribution in [0.3, 0.4) is 0 Å². The van der Waals surface area contributed by atoms with Crippen LogP contribution in [0.4, 0.5) is 11.5 Å². The van der Waals surface area contributed by atoms with Gasteiger partial charge in [0.15, 0.2) is 11.5 Å². The van der Waals surface area contributed by atoms with E-state index in [0.29, 0.717) is 11.4 Å². The molecule has 9 nitrogen and oxygen atoms in total. The fourth-order valence-corrected chi connectivity index (χ4v) is 2.70. The summed E-state index contributed by atoms with van der Waals surface area (Å²) in [4.78, 5) is 28.5. The number of hydrogen-bond acceptors (Lipinski definition) is 7. The number of aromatic nitrogens is 4. The summed E-state index contributed by atoms with van der Waals surface area (Å²) in [6, 6.07) is 11.0. The third-order valence-corrected chi connectivity index (χ3v) is 3.98. The van der Waals surface area contributed by atoms with Gasteiger partial charge in [-0.05, 0) is 36.4 Å². The topological polar surface area (TPSA) is 139 Å². The van der Waals surface area contributed by atoms with Crippen molar-refractivity contribution in [3.63, 3.8) is 0 Å². The lowest BCUT2D eigenvalue weighted by Crippen LogP contribution is -2.40. The Morgan fingerprint density at radius 2 is 2.04 bits per heavy atom. The van der Waals surface area contributed by atoms with E-state index in [2.05, 4.69) is 25.3 Å². The lowest BCUT2D eigenvalue weighted by Gasteiger charge is -2.15. The van der Waals surface area contributed by atoms with Gasteiger partial charge in [-0.2, -0.15) is 0 Å². The molecule has 0 saturated carbocycles. The molecule has 0 aliphatic heterocycles. The zero-order valence-electron chi connectivity index (χ0n) is 14.1. The zero-order valence-corrected chi connectivity index (χ0v) is 14.1. The maximum absolute atomic E-state index is 12.8. The third kappa shape index (κ3) is 3.32. The van der Waals surface area contributed by atoms with Crippen LogP contribution >= 0.6 is 0 Å². The first-order chi connectivity index (χ1) is 13.1. The first kappa shape index (κ1) is 16.6. The second-order valence-electron chi connectivity index (χ2n) is 5.81. The minimum absolute atomic E-state index is 0.00974. The molecule has 0 aliphatic carbocycles. The second kappa shape index (κ2) is 6.83. The Bertz CT molecular complexity index is 1110. The maximum Gasteiger partial charge on any atom is 0.278 e. The van der Waals surface area contributed by atoms with Crippen molar-refractivity contribution in [1.29, 1.82) is 0 Å². The number of carbonyl (C=O) groups excluding carboxylic acids is 1. The number of benzene rings is 1. The lowest BCUT2D eigenvalue weighted by molar-refractivity contribution is 0.102. The van der Waals surface area contributed by atoms with E-state index < -0.39 is 5.91 Å². The van der Waals surface area contributed by atoms with Gasteiger partial charge in [0.1, 0.15) is 0 Å². The van der Waals surface area contributed by atoms with E-state index in [9.17, 15) is 4.79 Å². The Morgan fingerprint density at radius 3 is 2.81 bits per heavy atom. The van der Waals surface area contributed by atoms with Crippen LogP contribution in [0.25, 0.3) is 22.2 Å². The number of pyridine rings is 1. The van der Waals surface area contributed by atoms with Crippen LogP contribution in [-0.2, 0) is 0 Å². The molecule has 9 heteroatoms. The number of hydrazine groups is 2. The summed E-state index contributed by atoms with van der Waals surface area (Å²) in [6.45, 7) is 0. The first-order valence-corrected chi connectivity index (χ1v) is 8.07. The summed E-state index contributed by atoms with van der Waals surface area (Å²) in [5.74, 6) is 10.8. The number of hydrogen-bond donors (Lipinski definition) is 4. The molecule has 0 spiro atoms. The number of fused-ring (bicyclic) bond motifs is 1. The van der Waals surface area contributed by atoms with Crippen molar-refractivity contribution in [2.24, 2.45) is 11.7 Å². The quantitative estimate of drug-likeness (QED) is 0.321. The number of rotatable bonds is 4. The monoisotopic (exact) mass is 360 g/mol. The van der Waals surface area contributed by atoms with Gasteiger partial charge in [-0.3, -0.25) is 9.78 Å². The minimum Gasteiger partial charge on any atom is -0.361 e. The molecule has 3 aromatic heterocycles. The van der Waals surface area contributed by atoms with Crippen LogP contribution in [-0.4, -0.2) is 25.8 Å². The van der Waals surface area contributed by atoms with Gasteiger partial charge in [-0.1, -0.05) is 0 Å². The van der Waals surface area contributed by atoms with Crippen LogP contribution in [0, 0.1) is 0 Å². The van der Waals surface area contributed by atoms with Crippen molar-refractivity contribution in [1.82, 2.24) is 19.9 Å². The Labute approximate surface area is 154 Å². The van der Waals surface area contributed by atoms with Crippen LogP contribution in [0.2, 0.25) is 0 Å². The molecule has 4 rings (SSSR count). The van der Waals surface area contributed by atoms with Crippen LogP contribution in [0.5, 0.6) is 0 Å². The highest BCUT2D eigenvalue weighted by Gasteiger charge is 2.19. The number of anilines is 2. The van der Waals surface area contributed by atoms with Gasteiger partial charge in [0.2, 0.25) is 0 Å². The molecule has 0 radical (unpaired) electrons. The van der Waals surface area contributed by atoms with Gasteiger partial charge < -0.3 is 10.3 Å². The van der Waals surface area contributed by atoms with Crippen LogP contribution in [0.1, 0.15) is 10.5 Å². The minimum atomic E-state index is -0.473. The second-order valence-corrected chi connectivity index (χ2v) is 5.81. The normalized spacial score (nSPS) is 10.7. The van der Waals surface area contributed by atoms with E-state index >= 15 is 0 Å². The van der Waals surface area contributed by atoms with Gasteiger partial charge in [0.25, 0.3) is 5.91 Å². The molecule has 0 bridgehead atoms. The molecule has 27 heavy (non-hydrogen) atoms. The van der Waals surface area contributed by atoms with E-state index in [1.807, 2.05) is 30.5 Å². The summed E-state index contributed by atoms with van der Waals surface area (Å²) in [5, 5.41) is 4.55. The summed E-state index contributed by atoms with van der Waals surface area (Å²) in [6.07, 6.45) is 6.60. The Balaban J connectivity index is 1.70. The third-order valence-electron chi connectivity index (χ3n) is 3.98. The number of carbonyl (C=O) groups is 1. The standard InChI is InChI=1S/C18H16N8O/c19-26(20)17-16(25-15(10-23-17)12-2-1-6-21-9-12)18(27)24-13-3-4-14-11(8-13)5-7-22-14/h1-10,22H,19-20H2,(H,24,27). The Hall–Kier alpha value is -3.82. The molecule has 1 aromatic carbocycles. The van der Waals surface area contributed by atoms with Gasteiger partial charge in [0.05, 0.1) is 11.9 Å². The predicted molar refractivity (Wildman–Crippen MR) is 102 cm³/mol. The van der Waals surface area contributed by atoms with Gasteiger partial charge >= 0.3 is 0 Å². The van der Waals surface area contributed by atoms with Crippen molar-refractivity contribution in [2.75, 3.05) is 10.4 Å². The van der Waals surface area contributed by atoms with Crippen LogP contribution < -0.4 is 22.1 Å². The first-order valence-electron chi connectivity index (χ1n) is 8.07. The average molecular weight is 360 g/mol. The van der Waals surface area contributed by atoms with Gasteiger partial charge in [0, 0.05) is 40.7 Å². The molecular weight excluding hydrogens is 344 g/mol. The van der Waals surface area contributed by atoms with Crippen molar-refractivity contribution >= 4 is 28.3 Å². The Morgan fingerprint density at radius 1 is 1.15 bits per heavy atom. The average Bonchev–Trinajstić information content (AvgIpc) is 3.16. The van der Waals surface area contributed by atoms with Crippen molar-refractivity contribution in [2.45, 2.75) is 0 Å². The predicted octanol–water partition coefficient (Wildman–Crippen LogP) is 1.83.